The summed E-state index contributed by atoms with van der Waals surface area (Å²) < 4.78 is 38.3. The maximum Gasteiger partial charge on any atom is 0.513 e. The summed E-state index contributed by atoms with van der Waals surface area (Å²) in [5.74, 6) is -0.248. The van der Waals surface area contributed by atoms with E-state index in [1.165, 1.54) is 24.3 Å². The minimum Gasteiger partial charge on any atom is -0.434 e. The van der Waals surface area contributed by atoms with E-state index in [2.05, 4.69) is 21.2 Å². The standard InChI is InChI=1S/C19H19BrN2O6S/c1-3-16-18(23)21-15-10-5-12(20)11-17(15)22(16)29(25,26)14-8-6-13(7-9-14)28-19(24)27-4-2/h5-11,16H,3-4H2,1-2H3,(H,21,23)/t16-/m0/s1. The van der Waals surface area contributed by atoms with Gasteiger partial charge in [0.1, 0.15) is 11.8 Å². The molecule has 1 atom stereocenters. The lowest BCUT2D eigenvalue weighted by atomic mass is 10.1. The van der Waals surface area contributed by atoms with Crippen molar-refractivity contribution in [3.63, 3.8) is 0 Å². The van der Waals surface area contributed by atoms with Crippen LogP contribution in [0.1, 0.15) is 20.3 Å². The Balaban J connectivity index is 2.00. The fourth-order valence-electron chi connectivity index (χ4n) is 2.97. The van der Waals surface area contributed by atoms with Gasteiger partial charge in [-0.05, 0) is 55.8 Å². The van der Waals surface area contributed by atoms with Gasteiger partial charge in [0.05, 0.1) is 22.9 Å². The van der Waals surface area contributed by atoms with Gasteiger partial charge in [-0.25, -0.2) is 13.2 Å². The Hall–Kier alpha value is -2.59. The van der Waals surface area contributed by atoms with Gasteiger partial charge < -0.3 is 14.8 Å². The Labute approximate surface area is 177 Å². The first-order chi connectivity index (χ1) is 13.8. The molecule has 10 heteroatoms. The number of hydrogen-bond acceptors (Lipinski definition) is 6. The van der Waals surface area contributed by atoms with Crippen LogP contribution in [0, 0.1) is 0 Å². The number of sulfonamides is 1. The minimum atomic E-state index is -4.06. The van der Waals surface area contributed by atoms with Gasteiger partial charge in [-0.2, -0.15) is 0 Å². The van der Waals surface area contributed by atoms with Gasteiger partial charge in [0.2, 0.25) is 5.91 Å². The largest absolute Gasteiger partial charge is 0.513 e. The molecule has 0 spiro atoms. The van der Waals surface area contributed by atoms with E-state index in [4.69, 9.17) is 9.47 Å². The Kier molecular flexibility index (Phi) is 6.13. The Morgan fingerprint density at radius 2 is 1.86 bits per heavy atom. The smallest absolute Gasteiger partial charge is 0.434 e. The highest BCUT2D eigenvalue weighted by Crippen LogP contribution is 2.39. The van der Waals surface area contributed by atoms with Crippen LogP contribution in [0.5, 0.6) is 5.75 Å². The van der Waals surface area contributed by atoms with Gasteiger partial charge in [-0.3, -0.25) is 9.10 Å². The predicted molar refractivity (Wildman–Crippen MR) is 111 cm³/mol. The second-order valence-corrected chi connectivity index (χ2v) is 8.86. The lowest BCUT2D eigenvalue weighted by Gasteiger charge is -2.36. The summed E-state index contributed by atoms with van der Waals surface area (Å²) in [5.41, 5.74) is 0.784. The summed E-state index contributed by atoms with van der Waals surface area (Å²) in [5, 5.41) is 2.75. The van der Waals surface area contributed by atoms with E-state index in [0.717, 1.165) is 4.31 Å². The molecule has 1 N–H and O–H groups in total. The number of halogens is 1. The average molecular weight is 483 g/mol. The number of nitrogens with zero attached hydrogens (tertiary/aromatic N) is 1. The molecule has 0 radical (unpaired) electrons. The Morgan fingerprint density at radius 3 is 2.48 bits per heavy atom. The van der Waals surface area contributed by atoms with Crippen LogP contribution in [-0.4, -0.2) is 33.1 Å². The normalized spacial score (nSPS) is 16.0. The summed E-state index contributed by atoms with van der Waals surface area (Å²) in [7, 11) is -4.06. The van der Waals surface area contributed by atoms with Crippen LogP contribution >= 0.6 is 15.9 Å². The number of anilines is 2. The number of amides is 1. The van der Waals surface area contributed by atoms with Crippen LogP contribution < -0.4 is 14.4 Å². The number of nitrogens with one attached hydrogen (secondary N) is 1. The summed E-state index contributed by atoms with van der Waals surface area (Å²) in [6, 6.07) is 9.47. The van der Waals surface area contributed by atoms with Gasteiger partial charge in [0, 0.05) is 4.47 Å². The van der Waals surface area contributed by atoms with Gasteiger partial charge in [-0.1, -0.05) is 22.9 Å². The van der Waals surface area contributed by atoms with Crippen LogP contribution in [0.25, 0.3) is 0 Å². The van der Waals surface area contributed by atoms with Crippen LogP contribution in [0.2, 0.25) is 0 Å². The first-order valence-electron chi connectivity index (χ1n) is 8.87. The third kappa shape index (κ3) is 4.23. The molecule has 3 rings (SSSR count). The molecule has 0 saturated carbocycles. The van der Waals surface area contributed by atoms with Crippen molar-refractivity contribution in [1.29, 1.82) is 0 Å². The lowest BCUT2D eigenvalue weighted by Crippen LogP contribution is -2.50. The molecule has 2 aromatic rings. The summed E-state index contributed by atoms with van der Waals surface area (Å²) in [4.78, 5) is 23.9. The number of benzene rings is 2. The molecule has 1 aliphatic heterocycles. The quantitative estimate of drug-likeness (QED) is 0.511. The van der Waals surface area contributed by atoms with E-state index in [1.54, 1.807) is 32.0 Å². The average Bonchev–Trinajstić information content (AvgIpc) is 2.67. The Bertz CT molecular complexity index is 1040. The zero-order valence-corrected chi connectivity index (χ0v) is 18.1. The summed E-state index contributed by atoms with van der Waals surface area (Å²) in [6.07, 6.45) is -0.582. The fraction of sp³-hybridized carbons (Fsp3) is 0.263. The number of carbonyl (C=O) groups excluding carboxylic acids is 2. The SMILES string of the molecule is CCOC(=O)Oc1ccc(S(=O)(=O)N2c3cc(Br)ccc3NC(=O)[C@@H]2CC)cc1. The molecule has 0 unspecified atom stereocenters. The molecule has 0 aromatic heterocycles. The zero-order chi connectivity index (χ0) is 21.2. The van der Waals surface area contributed by atoms with Crippen molar-refractivity contribution >= 4 is 49.4 Å². The zero-order valence-electron chi connectivity index (χ0n) is 15.7. The number of carbonyl (C=O) groups is 2. The maximum absolute atomic E-state index is 13.4. The highest BCUT2D eigenvalue weighted by Gasteiger charge is 2.40. The number of hydrogen-bond donors (Lipinski definition) is 1. The monoisotopic (exact) mass is 482 g/mol. The van der Waals surface area contributed by atoms with Crippen molar-refractivity contribution in [2.24, 2.45) is 0 Å². The molecule has 154 valence electrons. The van der Waals surface area contributed by atoms with Crippen LogP contribution in [0.15, 0.2) is 51.8 Å². The maximum atomic E-state index is 13.4. The molecule has 8 nitrogen and oxygen atoms in total. The molecule has 29 heavy (non-hydrogen) atoms. The van der Waals surface area contributed by atoms with Gasteiger partial charge in [-0.15, -0.1) is 0 Å². The highest BCUT2D eigenvalue weighted by atomic mass is 79.9. The van der Waals surface area contributed by atoms with E-state index >= 15 is 0 Å². The molecule has 1 aliphatic rings. The number of ether oxygens (including phenoxy) is 2. The van der Waals surface area contributed by atoms with Crippen molar-refractivity contribution in [1.82, 2.24) is 0 Å². The summed E-state index contributed by atoms with van der Waals surface area (Å²) in [6.45, 7) is 3.55. The molecular formula is C19H19BrN2O6S. The third-order valence-corrected chi connectivity index (χ3v) is 6.60. The van der Waals surface area contributed by atoms with Crippen molar-refractivity contribution in [3.05, 3.63) is 46.9 Å². The van der Waals surface area contributed by atoms with Crippen molar-refractivity contribution in [2.75, 3.05) is 16.2 Å². The summed E-state index contributed by atoms with van der Waals surface area (Å²) >= 11 is 3.35. The van der Waals surface area contributed by atoms with E-state index in [1.807, 2.05) is 0 Å². The molecule has 1 heterocycles. The highest BCUT2D eigenvalue weighted by molar-refractivity contribution is 9.10. The van der Waals surface area contributed by atoms with E-state index in [0.29, 0.717) is 22.3 Å². The first-order valence-corrected chi connectivity index (χ1v) is 11.1. The second kappa shape index (κ2) is 8.42. The molecule has 0 fully saturated rings. The molecule has 0 saturated heterocycles. The van der Waals surface area contributed by atoms with E-state index in [9.17, 15) is 18.0 Å². The van der Waals surface area contributed by atoms with Gasteiger partial charge in [0.15, 0.2) is 0 Å². The molecule has 1 amide bonds. The second-order valence-electron chi connectivity index (χ2n) is 6.13. The fourth-order valence-corrected chi connectivity index (χ4v) is 5.01. The van der Waals surface area contributed by atoms with Crippen LogP contribution in [0.4, 0.5) is 16.2 Å². The third-order valence-electron chi connectivity index (χ3n) is 4.27. The molecule has 0 aliphatic carbocycles. The number of fused-ring (bicyclic) bond motifs is 1. The topological polar surface area (TPSA) is 102 Å². The lowest BCUT2D eigenvalue weighted by molar-refractivity contribution is -0.117. The van der Waals surface area contributed by atoms with Crippen LogP contribution in [0.3, 0.4) is 0 Å². The van der Waals surface area contributed by atoms with Crippen molar-refractivity contribution in [2.45, 2.75) is 31.2 Å². The van der Waals surface area contributed by atoms with Crippen molar-refractivity contribution in [3.8, 4) is 5.75 Å². The predicted octanol–water partition coefficient (Wildman–Crippen LogP) is 3.91. The van der Waals surface area contributed by atoms with Gasteiger partial charge >= 0.3 is 6.16 Å². The minimum absolute atomic E-state index is 0.0345. The van der Waals surface area contributed by atoms with Gasteiger partial charge in [0.25, 0.3) is 10.0 Å². The molecule has 0 bridgehead atoms. The molecular weight excluding hydrogens is 464 g/mol. The molecule has 2 aromatic carbocycles. The Morgan fingerprint density at radius 1 is 1.17 bits per heavy atom. The van der Waals surface area contributed by atoms with E-state index in [-0.39, 0.29) is 17.3 Å². The first kappa shape index (κ1) is 21.1. The van der Waals surface area contributed by atoms with Crippen LogP contribution in [-0.2, 0) is 19.6 Å². The number of rotatable bonds is 5. The van der Waals surface area contributed by atoms with Crippen molar-refractivity contribution < 1.29 is 27.5 Å². The van der Waals surface area contributed by atoms with E-state index < -0.39 is 28.1 Å².